The first-order valence-corrected chi connectivity index (χ1v) is 4.99. The van der Waals surface area contributed by atoms with Crippen LogP contribution in [0, 0.1) is 0 Å². The molecule has 0 radical (unpaired) electrons. The van der Waals surface area contributed by atoms with E-state index in [4.69, 9.17) is 16.7 Å². The Morgan fingerprint density at radius 1 is 1.40 bits per heavy atom. The highest BCUT2D eigenvalue weighted by Gasteiger charge is 2.08. The van der Waals surface area contributed by atoms with E-state index in [9.17, 15) is 0 Å². The Labute approximate surface area is 92.9 Å². The fraction of sp³-hybridized carbons (Fsp3) is 0.182. The summed E-state index contributed by atoms with van der Waals surface area (Å²) in [5.41, 5.74) is 2.44. The van der Waals surface area contributed by atoms with Crippen molar-refractivity contribution in [1.82, 2.24) is 9.78 Å². The van der Waals surface area contributed by atoms with Gasteiger partial charge >= 0.3 is 0 Å². The van der Waals surface area contributed by atoms with Gasteiger partial charge in [0, 0.05) is 12.6 Å². The second-order valence-corrected chi connectivity index (χ2v) is 3.69. The lowest BCUT2D eigenvalue weighted by Gasteiger charge is -1.98. The molecule has 2 rings (SSSR count). The lowest BCUT2D eigenvalue weighted by atomic mass is 10.1. The van der Waals surface area contributed by atoms with E-state index < -0.39 is 0 Å². The number of nitrogens with zero attached hydrogens (tertiary/aromatic N) is 2. The fourth-order valence-electron chi connectivity index (χ4n) is 1.45. The first-order valence-electron chi connectivity index (χ1n) is 4.61. The summed E-state index contributed by atoms with van der Waals surface area (Å²) in [6, 6.07) is 9.35. The predicted molar refractivity (Wildman–Crippen MR) is 59.6 cm³/mol. The molecule has 2 aromatic rings. The lowest BCUT2D eigenvalue weighted by Crippen LogP contribution is -1.96. The molecule has 0 unspecified atom stereocenters. The SMILES string of the molecule is Cn1nc(-c2ccccc2Cl)cc1CO. The van der Waals surface area contributed by atoms with Crippen LogP contribution in [0.5, 0.6) is 0 Å². The minimum absolute atomic E-state index is 0.0199. The Hall–Kier alpha value is -1.32. The average molecular weight is 223 g/mol. The van der Waals surface area contributed by atoms with Gasteiger partial charge in [-0.3, -0.25) is 4.68 Å². The second-order valence-electron chi connectivity index (χ2n) is 3.28. The molecule has 0 aliphatic carbocycles. The Morgan fingerprint density at radius 3 is 2.73 bits per heavy atom. The largest absolute Gasteiger partial charge is 0.390 e. The van der Waals surface area contributed by atoms with Crippen LogP contribution in [-0.4, -0.2) is 14.9 Å². The van der Waals surface area contributed by atoms with Crippen molar-refractivity contribution in [1.29, 1.82) is 0 Å². The van der Waals surface area contributed by atoms with E-state index in [0.717, 1.165) is 17.0 Å². The van der Waals surface area contributed by atoms with E-state index in [1.54, 1.807) is 11.7 Å². The summed E-state index contributed by atoms with van der Waals surface area (Å²) in [7, 11) is 1.80. The lowest BCUT2D eigenvalue weighted by molar-refractivity contribution is 0.270. The number of aliphatic hydroxyl groups excluding tert-OH is 1. The standard InChI is InChI=1S/C11H11ClN2O/c1-14-8(7-15)6-11(13-14)9-4-2-3-5-10(9)12/h2-6,15H,7H2,1H3. The number of aliphatic hydroxyl groups is 1. The molecule has 1 N–H and O–H groups in total. The summed E-state index contributed by atoms with van der Waals surface area (Å²) in [6.45, 7) is -0.0199. The Bertz CT molecular complexity index is 479. The van der Waals surface area contributed by atoms with Crippen molar-refractivity contribution in [2.45, 2.75) is 6.61 Å². The third-order valence-electron chi connectivity index (χ3n) is 2.29. The smallest absolute Gasteiger partial charge is 0.0941 e. The maximum absolute atomic E-state index is 9.05. The molecule has 0 bridgehead atoms. The quantitative estimate of drug-likeness (QED) is 0.846. The third-order valence-corrected chi connectivity index (χ3v) is 2.62. The van der Waals surface area contributed by atoms with Crippen molar-refractivity contribution in [2.24, 2.45) is 7.05 Å². The van der Waals surface area contributed by atoms with E-state index in [-0.39, 0.29) is 6.61 Å². The molecule has 0 saturated carbocycles. The van der Waals surface area contributed by atoms with Gasteiger partial charge in [-0.05, 0) is 12.1 Å². The van der Waals surface area contributed by atoms with Gasteiger partial charge in [0.25, 0.3) is 0 Å². The monoisotopic (exact) mass is 222 g/mol. The molecule has 3 nitrogen and oxygen atoms in total. The molecule has 1 heterocycles. The normalized spacial score (nSPS) is 10.6. The Morgan fingerprint density at radius 2 is 2.13 bits per heavy atom. The molecule has 15 heavy (non-hydrogen) atoms. The highest BCUT2D eigenvalue weighted by Crippen LogP contribution is 2.26. The topological polar surface area (TPSA) is 38.0 Å². The summed E-state index contributed by atoms with van der Waals surface area (Å²) in [5.74, 6) is 0. The minimum atomic E-state index is -0.0199. The minimum Gasteiger partial charge on any atom is -0.390 e. The van der Waals surface area contributed by atoms with Crippen LogP contribution in [0.2, 0.25) is 5.02 Å². The molecule has 0 atom stereocenters. The summed E-state index contributed by atoms with van der Waals surface area (Å²) in [4.78, 5) is 0. The van der Waals surface area contributed by atoms with E-state index >= 15 is 0 Å². The van der Waals surface area contributed by atoms with Crippen LogP contribution in [0.4, 0.5) is 0 Å². The fourth-order valence-corrected chi connectivity index (χ4v) is 1.69. The highest BCUT2D eigenvalue weighted by atomic mass is 35.5. The zero-order valence-electron chi connectivity index (χ0n) is 8.31. The first kappa shape index (κ1) is 10.2. The van der Waals surface area contributed by atoms with Crippen molar-refractivity contribution in [3.63, 3.8) is 0 Å². The van der Waals surface area contributed by atoms with Gasteiger partial charge in [0.1, 0.15) is 0 Å². The molecule has 4 heteroatoms. The van der Waals surface area contributed by atoms with Crippen molar-refractivity contribution in [3.05, 3.63) is 41.0 Å². The second kappa shape index (κ2) is 4.04. The Kier molecular flexibility index (Phi) is 2.75. The number of hydrogen-bond donors (Lipinski definition) is 1. The molecule has 0 fully saturated rings. The molecule has 0 saturated heterocycles. The van der Waals surface area contributed by atoms with Gasteiger partial charge in [-0.2, -0.15) is 5.10 Å². The van der Waals surface area contributed by atoms with Gasteiger partial charge < -0.3 is 5.11 Å². The van der Waals surface area contributed by atoms with Gasteiger partial charge in [-0.1, -0.05) is 29.8 Å². The van der Waals surface area contributed by atoms with E-state index in [0.29, 0.717) is 5.02 Å². The molecule has 0 aliphatic rings. The van der Waals surface area contributed by atoms with Crippen LogP contribution in [-0.2, 0) is 13.7 Å². The molecule has 0 aliphatic heterocycles. The van der Waals surface area contributed by atoms with E-state index in [2.05, 4.69) is 5.10 Å². The molecule has 78 valence electrons. The van der Waals surface area contributed by atoms with Crippen LogP contribution in [0.3, 0.4) is 0 Å². The van der Waals surface area contributed by atoms with Gasteiger partial charge in [0.2, 0.25) is 0 Å². The average Bonchev–Trinajstić information content (AvgIpc) is 2.60. The number of hydrogen-bond acceptors (Lipinski definition) is 2. The number of aryl methyl sites for hydroxylation is 1. The zero-order chi connectivity index (χ0) is 10.8. The van der Waals surface area contributed by atoms with E-state index in [1.807, 2.05) is 30.3 Å². The summed E-state index contributed by atoms with van der Waals surface area (Å²) < 4.78 is 1.65. The van der Waals surface area contributed by atoms with Gasteiger partial charge in [0.15, 0.2) is 0 Å². The van der Waals surface area contributed by atoms with Gasteiger partial charge in [-0.25, -0.2) is 0 Å². The van der Waals surface area contributed by atoms with Gasteiger partial charge in [0.05, 0.1) is 23.0 Å². The molecular weight excluding hydrogens is 212 g/mol. The number of halogens is 1. The molecule has 1 aromatic heterocycles. The summed E-state index contributed by atoms with van der Waals surface area (Å²) >= 11 is 6.05. The van der Waals surface area contributed by atoms with E-state index in [1.165, 1.54) is 0 Å². The molecule has 1 aromatic carbocycles. The zero-order valence-corrected chi connectivity index (χ0v) is 9.07. The first-order chi connectivity index (χ1) is 7.22. The van der Waals surface area contributed by atoms with Crippen molar-refractivity contribution < 1.29 is 5.11 Å². The summed E-state index contributed by atoms with van der Waals surface area (Å²) in [5, 5.41) is 14.0. The number of benzene rings is 1. The number of aromatic nitrogens is 2. The maximum atomic E-state index is 9.05. The van der Waals surface area contributed by atoms with Crippen LogP contribution < -0.4 is 0 Å². The number of rotatable bonds is 2. The molecule has 0 amide bonds. The van der Waals surface area contributed by atoms with Gasteiger partial charge in [-0.15, -0.1) is 0 Å². The van der Waals surface area contributed by atoms with Crippen LogP contribution >= 0.6 is 11.6 Å². The predicted octanol–water partition coefficient (Wildman–Crippen LogP) is 2.23. The van der Waals surface area contributed by atoms with Crippen molar-refractivity contribution in [3.8, 4) is 11.3 Å². The Balaban J connectivity index is 2.50. The van der Waals surface area contributed by atoms with Crippen molar-refractivity contribution >= 4 is 11.6 Å². The molecule has 0 spiro atoms. The van der Waals surface area contributed by atoms with Crippen LogP contribution in [0.15, 0.2) is 30.3 Å². The van der Waals surface area contributed by atoms with Crippen LogP contribution in [0.1, 0.15) is 5.69 Å². The van der Waals surface area contributed by atoms with Crippen LogP contribution in [0.25, 0.3) is 11.3 Å². The molecular formula is C11H11ClN2O. The summed E-state index contributed by atoms with van der Waals surface area (Å²) in [6.07, 6.45) is 0. The van der Waals surface area contributed by atoms with Crippen molar-refractivity contribution in [2.75, 3.05) is 0 Å². The highest BCUT2D eigenvalue weighted by molar-refractivity contribution is 6.33. The third kappa shape index (κ3) is 1.89. The maximum Gasteiger partial charge on any atom is 0.0941 e.